The Morgan fingerprint density at radius 3 is 3.00 bits per heavy atom. The van der Waals surface area contributed by atoms with Crippen molar-refractivity contribution in [1.29, 1.82) is 0 Å². The molecule has 1 aliphatic heterocycles. The molecule has 0 aliphatic carbocycles. The van der Waals surface area contributed by atoms with Crippen molar-refractivity contribution in [3.05, 3.63) is 28.7 Å². The van der Waals surface area contributed by atoms with Crippen LogP contribution in [0, 0.1) is 5.92 Å². The Bertz CT molecular complexity index is 394. The van der Waals surface area contributed by atoms with Crippen molar-refractivity contribution in [2.45, 2.75) is 19.4 Å². The average Bonchev–Trinajstić information content (AvgIpc) is 2.65. The highest BCUT2D eigenvalue weighted by molar-refractivity contribution is 9.10. The topological polar surface area (TPSA) is 38.3 Å². The molecule has 2 unspecified atom stereocenters. The number of ether oxygens (including phenoxy) is 1. The van der Waals surface area contributed by atoms with Crippen molar-refractivity contribution < 1.29 is 9.53 Å². The highest BCUT2D eigenvalue weighted by Crippen LogP contribution is 2.22. The normalized spacial score (nSPS) is 24.4. The predicted octanol–water partition coefficient (Wildman–Crippen LogP) is 2.81. The van der Waals surface area contributed by atoms with Crippen molar-refractivity contribution in [2.75, 3.05) is 11.9 Å². The second-order valence-corrected chi connectivity index (χ2v) is 4.99. The molecule has 86 valence electrons. The molecule has 0 bridgehead atoms. The third-order valence-corrected chi connectivity index (χ3v) is 3.15. The summed E-state index contributed by atoms with van der Waals surface area (Å²) in [4.78, 5) is 11.9. The van der Waals surface area contributed by atoms with Gasteiger partial charge in [-0.15, -0.1) is 0 Å². The molecule has 1 heterocycles. The number of carbonyl (C=O) groups excluding carboxylic acids is 1. The molecule has 2 atom stereocenters. The monoisotopic (exact) mass is 283 g/mol. The minimum absolute atomic E-state index is 0.0195. The standard InChI is InChI=1S/C12H14BrNO2/c1-8-5-9(7-16-8)12(15)14-11-4-2-3-10(13)6-11/h2-4,6,8-9H,5,7H2,1H3,(H,14,15). The van der Waals surface area contributed by atoms with E-state index >= 15 is 0 Å². The molecule has 2 rings (SSSR count). The van der Waals surface area contributed by atoms with Crippen LogP contribution in [0.15, 0.2) is 28.7 Å². The summed E-state index contributed by atoms with van der Waals surface area (Å²) < 4.78 is 6.34. The van der Waals surface area contributed by atoms with Crippen molar-refractivity contribution in [3.8, 4) is 0 Å². The number of benzene rings is 1. The van der Waals surface area contributed by atoms with Gasteiger partial charge in [-0.05, 0) is 31.5 Å². The summed E-state index contributed by atoms with van der Waals surface area (Å²) in [6.45, 7) is 2.52. The zero-order valence-electron chi connectivity index (χ0n) is 9.07. The Morgan fingerprint density at radius 2 is 2.38 bits per heavy atom. The fraction of sp³-hybridized carbons (Fsp3) is 0.417. The van der Waals surface area contributed by atoms with Crippen molar-refractivity contribution in [2.24, 2.45) is 5.92 Å². The van der Waals surface area contributed by atoms with Crippen LogP contribution in [0.1, 0.15) is 13.3 Å². The lowest BCUT2D eigenvalue weighted by atomic mass is 10.1. The lowest BCUT2D eigenvalue weighted by molar-refractivity contribution is -0.119. The lowest BCUT2D eigenvalue weighted by Crippen LogP contribution is -2.22. The summed E-state index contributed by atoms with van der Waals surface area (Å²) in [5.41, 5.74) is 0.818. The van der Waals surface area contributed by atoms with Crippen LogP contribution in [-0.2, 0) is 9.53 Å². The van der Waals surface area contributed by atoms with E-state index in [1.807, 2.05) is 31.2 Å². The minimum Gasteiger partial charge on any atom is -0.378 e. The highest BCUT2D eigenvalue weighted by atomic mass is 79.9. The smallest absolute Gasteiger partial charge is 0.229 e. The second kappa shape index (κ2) is 4.97. The quantitative estimate of drug-likeness (QED) is 0.907. The maximum Gasteiger partial charge on any atom is 0.229 e. The summed E-state index contributed by atoms with van der Waals surface area (Å²) in [5.74, 6) is 0.0245. The Labute approximate surface area is 103 Å². The lowest BCUT2D eigenvalue weighted by Gasteiger charge is -2.09. The van der Waals surface area contributed by atoms with Gasteiger partial charge in [0.05, 0.1) is 18.6 Å². The van der Waals surface area contributed by atoms with E-state index in [2.05, 4.69) is 21.2 Å². The van der Waals surface area contributed by atoms with Gasteiger partial charge in [0.15, 0.2) is 0 Å². The van der Waals surface area contributed by atoms with Gasteiger partial charge in [-0.2, -0.15) is 0 Å². The summed E-state index contributed by atoms with van der Waals surface area (Å²) in [5, 5.41) is 2.90. The first-order chi connectivity index (χ1) is 7.65. The molecule has 4 heteroatoms. The van der Waals surface area contributed by atoms with Gasteiger partial charge in [0.2, 0.25) is 5.91 Å². The number of nitrogens with one attached hydrogen (secondary N) is 1. The fourth-order valence-electron chi connectivity index (χ4n) is 1.81. The van der Waals surface area contributed by atoms with Crippen LogP contribution in [0.25, 0.3) is 0 Å². The molecule has 1 aliphatic rings. The molecule has 1 N–H and O–H groups in total. The van der Waals surface area contributed by atoms with Crippen LogP contribution in [0.5, 0.6) is 0 Å². The van der Waals surface area contributed by atoms with Gasteiger partial charge in [0.1, 0.15) is 0 Å². The first-order valence-electron chi connectivity index (χ1n) is 5.33. The third-order valence-electron chi connectivity index (χ3n) is 2.66. The number of rotatable bonds is 2. The molecule has 1 aromatic carbocycles. The maximum absolute atomic E-state index is 11.9. The van der Waals surface area contributed by atoms with E-state index in [0.717, 1.165) is 16.6 Å². The Kier molecular flexibility index (Phi) is 3.61. The molecule has 16 heavy (non-hydrogen) atoms. The fourth-order valence-corrected chi connectivity index (χ4v) is 2.21. The van der Waals surface area contributed by atoms with Gasteiger partial charge < -0.3 is 10.1 Å². The number of halogens is 1. The van der Waals surface area contributed by atoms with Gasteiger partial charge in [-0.25, -0.2) is 0 Å². The Hall–Kier alpha value is -0.870. The zero-order chi connectivity index (χ0) is 11.5. The number of hydrogen-bond acceptors (Lipinski definition) is 2. The largest absolute Gasteiger partial charge is 0.378 e. The SMILES string of the molecule is CC1CC(C(=O)Nc2cccc(Br)c2)CO1. The Morgan fingerprint density at radius 1 is 1.56 bits per heavy atom. The van der Waals surface area contributed by atoms with Gasteiger partial charge >= 0.3 is 0 Å². The first kappa shape index (κ1) is 11.6. The van der Waals surface area contributed by atoms with E-state index in [-0.39, 0.29) is 17.9 Å². The van der Waals surface area contributed by atoms with E-state index in [9.17, 15) is 4.79 Å². The molecule has 1 fully saturated rings. The molecule has 0 saturated carbocycles. The first-order valence-corrected chi connectivity index (χ1v) is 6.12. The predicted molar refractivity (Wildman–Crippen MR) is 66.3 cm³/mol. The number of anilines is 1. The molecule has 1 saturated heterocycles. The summed E-state index contributed by atoms with van der Waals surface area (Å²) in [6, 6.07) is 7.59. The summed E-state index contributed by atoms with van der Waals surface area (Å²) in [7, 11) is 0. The molecular formula is C12H14BrNO2. The maximum atomic E-state index is 11.9. The van der Waals surface area contributed by atoms with E-state index in [4.69, 9.17) is 4.74 Å². The molecular weight excluding hydrogens is 270 g/mol. The van der Waals surface area contributed by atoms with Gasteiger partial charge in [0, 0.05) is 10.2 Å². The number of amides is 1. The molecule has 0 spiro atoms. The molecule has 3 nitrogen and oxygen atoms in total. The van der Waals surface area contributed by atoms with Crippen molar-refractivity contribution >= 4 is 27.5 Å². The zero-order valence-corrected chi connectivity index (χ0v) is 10.7. The van der Waals surface area contributed by atoms with Crippen LogP contribution in [0.3, 0.4) is 0 Å². The van der Waals surface area contributed by atoms with Gasteiger partial charge in [-0.3, -0.25) is 4.79 Å². The number of carbonyl (C=O) groups is 1. The molecule has 0 aromatic heterocycles. The second-order valence-electron chi connectivity index (χ2n) is 4.08. The minimum atomic E-state index is -0.0195. The average molecular weight is 284 g/mol. The third kappa shape index (κ3) is 2.83. The van der Waals surface area contributed by atoms with E-state index in [0.29, 0.717) is 6.61 Å². The van der Waals surface area contributed by atoms with Crippen molar-refractivity contribution in [1.82, 2.24) is 0 Å². The molecule has 0 radical (unpaired) electrons. The Balaban J connectivity index is 1.97. The summed E-state index contributed by atoms with van der Waals surface area (Å²) in [6.07, 6.45) is 0.998. The van der Waals surface area contributed by atoms with E-state index < -0.39 is 0 Å². The molecule has 1 amide bonds. The highest BCUT2D eigenvalue weighted by Gasteiger charge is 2.28. The van der Waals surface area contributed by atoms with Crippen LogP contribution in [0.4, 0.5) is 5.69 Å². The van der Waals surface area contributed by atoms with E-state index in [1.54, 1.807) is 0 Å². The van der Waals surface area contributed by atoms with Gasteiger partial charge in [-0.1, -0.05) is 22.0 Å². The number of hydrogen-bond donors (Lipinski definition) is 1. The van der Waals surface area contributed by atoms with Crippen LogP contribution >= 0.6 is 15.9 Å². The van der Waals surface area contributed by atoms with E-state index in [1.165, 1.54) is 0 Å². The van der Waals surface area contributed by atoms with Crippen LogP contribution in [0.2, 0.25) is 0 Å². The molecule has 1 aromatic rings. The van der Waals surface area contributed by atoms with Crippen LogP contribution < -0.4 is 5.32 Å². The van der Waals surface area contributed by atoms with Gasteiger partial charge in [0.25, 0.3) is 0 Å². The van der Waals surface area contributed by atoms with Crippen LogP contribution in [-0.4, -0.2) is 18.6 Å². The summed E-state index contributed by atoms with van der Waals surface area (Å²) >= 11 is 3.37. The van der Waals surface area contributed by atoms with Crippen molar-refractivity contribution in [3.63, 3.8) is 0 Å².